The van der Waals surface area contributed by atoms with Crippen LogP contribution in [0.1, 0.15) is 18.9 Å². The standard InChI is InChI=1S/C25H32O12/c1-24(31)11-16(36-17(27)8-5-13-3-6-14(33-2)7-4-13)25(32)9-10-34-23(21(24)25)37-22-20(30)19(29)18(28)15(12-26)35-22/h3-10,15-16,18-23,26,28-32H,11-12H2,1-2H3/t15-,16-,18+,19+,20+,21+,22-,23-,24-,25+/m0/s1. The van der Waals surface area contributed by atoms with Gasteiger partial charge >= 0.3 is 5.97 Å². The first-order valence-corrected chi connectivity index (χ1v) is 11.8. The minimum absolute atomic E-state index is 0.168. The number of ether oxygens (including phenoxy) is 5. The van der Waals surface area contributed by atoms with E-state index in [1.807, 2.05) is 0 Å². The van der Waals surface area contributed by atoms with Gasteiger partial charge in [0.05, 0.1) is 31.5 Å². The SMILES string of the molecule is COc1ccc(C=CC(=O)O[C@H]2C[C@](C)(O)[C@H]3[C@H](O[C@@H]4O[C@@H](CO)[C@@H](O)[C@@H](O)[C@H]4O)OC=C[C@@]23O)cc1. The van der Waals surface area contributed by atoms with Crippen molar-refractivity contribution in [2.45, 2.75) is 67.6 Å². The molecule has 1 saturated carbocycles. The lowest BCUT2D eigenvalue weighted by atomic mass is 9.81. The van der Waals surface area contributed by atoms with Crippen LogP contribution in [0.25, 0.3) is 6.08 Å². The number of methoxy groups -OCH3 is 1. The molecule has 2 aliphatic heterocycles. The second-order valence-corrected chi connectivity index (χ2v) is 9.60. The molecule has 3 aliphatic rings. The Hall–Kier alpha value is -2.55. The topological polar surface area (TPSA) is 185 Å². The minimum atomic E-state index is -1.91. The van der Waals surface area contributed by atoms with Crippen molar-refractivity contribution in [1.29, 1.82) is 0 Å². The van der Waals surface area contributed by atoms with Crippen molar-refractivity contribution in [2.24, 2.45) is 5.92 Å². The molecule has 0 bridgehead atoms. The van der Waals surface area contributed by atoms with Gasteiger partial charge in [-0.15, -0.1) is 0 Å². The predicted octanol–water partition coefficient (Wildman–Crippen LogP) is -1.19. The highest BCUT2D eigenvalue weighted by molar-refractivity contribution is 5.87. The summed E-state index contributed by atoms with van der Waals surface area (Å²) in [5.74, 6) is -1.30. The molecule has 0 radical (unpaired) electrons. The molecule has 10 atom stereocenters. The number of carbonyl (C=O) groups excluding carboxylic acids is 1. The summed E-state index contributed by atoms with van der Waals surface area (Å²) in [5, 5.41) is 62.4. The average molecular weight is 525 g/mol. The van der Waals surface area contributed by atoms with Crippen molar-refractivity contribution >= 4 is 12.0 Å². The van der Waals surface area contributed by atoms with Crippen LogP contribution < -0.4 is 4.74 Å². The number of hydrogen-bond acceptors (Lipinski definition) is 12. The summed E-state index contributed by atoms with van der Waals surface area (Å²) >= 11 is 0. The fraction of sp³-hybridized carbons (Fsp3) is 0.560. The van der Waals surface area contributed by atoms with Gasteiger partial charge in [0.2, 0.25) is 6.29 Å². The second kappa shape index (κ2) is 10.7. The predicted molar refractivity (Wildman–Crippen MR) is 124 cm³/mol. The Morgan fingerprint density at radius 3 is 2.46 bits per heavy atom. The summed E-state index contributed by atoms with van der Waals surface area (Å²) in [6.45, 7) is 0.749. The zero-order chi connectivity index (χ0) is 27.0. The van der Waals surface area contributed by atoms with Crippen molar-refractivity contribution in [3.05, 3.63) is 48.2 Å². The maximum atomic E-state index is 12.6. The molecule has 4 rings (SSSR count). The molecule has 204 valence electrons. The largest absolute Gasteiger partial charge is 0.497 e. The van der Waals surface area contributed by atoms with Crippen LogP contribution in [-0.2, 0) is 23.7 Å². The summed E-state index contributed by atoms with van der Waals surface area (Å²) in [5.41, 5.74) is -2.86. The van der Waals surface area contributed by atoms with Crippen LogP contribution in [0.15, 0.2) is 42.7 Å². The van der Waals surface area contributed by atoms with Gasteiger partial charge in [-0.3, -0.25) is 0 Å². The van der Waals surface area contributed by atoms with E-state index in [1.54, 1.807) is 31.4 Å². The van der Waals surface area contributed by atoms with E-state index in [-0.39, 0.29) is 6.42 Å². The molecule has 2 fully saturated rings. The van der Waals surface area contributed by atoms with Crippen LogP contribution >= 0.6 is 0 Å². The summed E-state index contributed by atoms with van der Waals surface area (Å²) < 4.78 is 27.1. The summed E-state index contributed by atoms with van der Waals surface area (Å²) in [6, 6.07) is 6.95. The third-order valence-corrected chi connectivity index (χ3v) is 7.01. The summed E-state index contributed by atoms with van der Waals surface area (Å²) in [7, 11) is 1.54. The number of esters is 1. The van der Waals surface area contributed by atoms with E-state index in [0.717, 1.165) is 6.26 Å². The van der Waals surface area contributed by atoms with Gasteiger partial charge < -0.3 is 54.3 Å². The van der Waals surface area contributed by atoms with Crippen LogP contribution in [0.4, 0.5) is 0 Å². The first kappa shape index (κ1) is 27.5. The summed E-state index contributed by atoms with van der Waals surface area (Å²) in [4.78, 5) is 12.6. The molecule has 0 amide bonds. The second-order valence-electron chi connectivity index (χ2n) is 9.60. The zero-order valence-electron chi connectivity index (χ0n) is 20.3. The molecular formula is C25H32O12. The Bertz CT molecular complexity index is 1010. The molecule has 1 aliphatic carbocycles. The highest BCUT2D eigenvalue weighted by Crippen LogP contribution is 2.50. The van der Waals surface area contributed by atoms with Crippen LogP contribution in [0, 0.1) is 5.92 Å². The number of aliphatic hydroxyl groups is 6. The molecule has 1 aromatic carbocycles. The third kappa shape index (κ3) is 5.38. The van der Waals surface area contributed by atoms with Crippen molar-refractivity contribution in [1.82, 2.24) is 0 Å². The molecule has 1 saturated heterocycles. The lowest BCUT2D eigenvalue weighted by molar-refractivity contribution is -0.351. The quantitative estimate of drug-likeness (QED) is 0.185. The molecule has 12 nitrogen and oxygen atoms in total. The van der Waals surface area contributed by atoms with E-state index in [2.05, 4.69) is 0 Å². The van der Waals surface area contributed by atoms with Crippen molar-refractivity contribution in [3.8, 4) is 5.75 Å². The van der Waals surface area contributed by atoms with E-state index in [0.29, 0.717) is 11.3 Å². The van der Waals surface area contributed by atoms with Crippen molar-refractivity contribution in [3.63, 3.8) is 0 Å². The Morgan fingerprint density at radius 1 is 1.11 bits per heavy atom. The number of hydrogen-bond donors (Lipinski definition) is 6. The monoisotopic (exact) mass is 524 g/mol. The smallest absolute Gasteiger partial charge is 0.331 e. The van der Waals surface area contributed by atoms with E-state index in [4.69, 9.17) is 23.7 Å². The lowest BCUT2D eigenvalue weighted by Gasteiger charge is -2.45. The van der Waals surface area contributed by atoms with Crippen LogP contribution in [0.5, 0.6) is 5.75 Å². The molecule has 37 heavy (non-hydrogen) atoms. The van der Waals surface area contributed by atoms with Crippen LogP contribution in [0.3, 0.4) is 0 Å². The molecule has 12 heteroatoms. The van der Waals surface area contributed by atoms with Gasteiger partial charge in [0, 0.05) is 12.5 Å². The van der Waals surface area contributed by atoms with E-state index in [9.17, 15) is 35.4 Å². The minimum Gasteiger partial charge on any atom is -0.497 e. The third-order valence-electron chi connectivity index (χ3n) is 7.01. The van der Waals surface area contributed by atoms with Gasteiger partial charge in [0.25, 0.3) is 0 Å². The fourth-order valence-corrected chi connectivity index (χ4v) is 5.01. The maximum Gasteiger partial charge on any atom is 0.331 e. The van der Waals surface area contributed by atoms with E-state index < -0.39 is 72.8 Å². The highest BCUT2D eigenvalue weighted by atomic mass is 16.8. The number of aliphatic hydroxyl groups excluding tert-OH is 4. The Kier molecular flexibility index (Phi) is 7.93. The highest BCUT2D eigenvalue weighted by Gasteiger charge is 2.65. The first-order valence-electron chi connectivity index (χ1n) is 11.8. The average Bonchev–Trinajstić information content (AvgIpc) is 3.08. The van der Waals surface area contributed by atoms with E-state index >= 15 is 0 Å². The van der Waals surface area contributed by atoms with E-state index in [1.165, 1.54) is 25.2 Å². The first-order chi connectivity index (χ1) is 17.5. The molecule has 6 N–H and O–H groups in total. The molecule has 0 aromatic heterocycles. The molecule has 1 aromatic rings. The van der Waals surface area contributed by atoms with Crippen LogP contribution in [-0.4, -0.2) is 105 Å². The summed E-state index contributed by atoms with van der Waals surface area (Å²) in [6.07, 6.45) is -5.47. The van der Waals surface area contributed by atoms with Gasteiger partial charge in [-0.2, -0.15) is 0 Å². The van der Waals surface area contributed by atoms with Gasteiger partial charge in [-0.1, -0.05) is 12.1 Å². The number of fused-ring (bicyclic) bond motifs is 1. The van der Waals surface area contributed by atoms with Gasteiger partial charge in [-0.25, -0.2) is 4.79 Å². The number of benzene rings is 1. The molecule has 2 heterocycles. The van der Waals surface area contributed by atoms with Crippen LogP contribution in [0.2, 0.25) is 0 Å². The normalized spacial score (nSPS) is 41.3. The number of carbonyl (C=O) groups is 1. The maximum absolute atomic E-state index is 12.6. The Labute approximate surface area is 212 Å². The zero-order valence-corrected chi connectivity index (χ0v) is 20.3. The van der Waals surface area contributed by atoms with Gasteiger partial charge in [0.1, 0.15) is 41.9 Å². The van der Waals surface area contributed by atoms with Gasteiger partial charge in [0.15, 0.2) is 6.29 Å². The Morgan fingerprint density at radius 2 is 1.81 bits per heavy atom. The van der Waals surface area contributed by atoms with Crippen molar-refractivity contribution in [2.75, 3.05) is 13.7 Å². The molecule has 0 unspecified atom stereocenters. The van der Waals surface area contributed by atoms with Gasteiger partial charge in [-0.05, 0) is 36.8 Å². The lowest BCUT2D eigenvalue weighted by Crippen LogP contribution is -2.62. The fourth-order valence-electron chi connectivity index (χ4n) is 5.01. The molecular weight excluding hydrogens is 492 g/mol. The Balaban J connectivity index is 1.48. The molecule has 0 spiro atoms. The number of rotatable bonds is 7. The van der Waals surface area contributed by atoms with Crippen molar-refractivity contribution < 1.29 is 59.1 Å².